The number of hydrogen-bond acceptors (Lipinski definition) is 3. The van der Waals surface area contributed by atoms with Gasteiger partial charge in [0.1, 0.15) is 10.7 Å². The van der Waals surface area contributed by atoms with Crippen LogP contribution >= 0.6 is 0 Å². The summed E-state index contributed by atoms with van der Waals surface area (Å²) in [7, 11) is -3.59. The Kier molecular flexibility index (Phi) is 3.96. The van der Waals surface area contributed by atoms with Crippen LogP contribution < -0.4 is 0 Å². The number of benzene rings is 2. The zero-order chi connectivity index (χ0) is 16.4. The van der Waals surface area contributed by atoms with Gasteiger partial charge in [-0.15, -0.1) is 0 Å². The molecule has 3 rings (SSSR count). The predicted molar refractivity (Wildman–Crippen MR) is 88.2 cm³/mol. The van der Waals surface area contributed by atoms with Gasteiger partial charge in [0.15, 0.2) is 9.84 Å². The van der Waals surface area contributed by atoms with Crippen LogP contribution in [0.15, 0.2) is 71.9 Å². The van der Waals surface area contributed by atoms with Gasteiger partial charge in [-0.2, -0.15) is 0 Å². The number of rotatable bonds is 3. The van der Waals surface area contributed by atoms with Crippen molar-refractivity contribution in [3.63, 3.8) is 0 Å². The minimum absolute atomic E-state index is 0.300. The zero-order valence-corrected chi connectivity index (χ0v) is 13.2. The van der Waals surface area contributed by atoms with E-state index >= 15 is 0 Å². The van der Waals surface area contributed by atoms with Crippen LogP contribution in [0.4, 0.5) is 4.39 Å². The normalized spacial score (nSPS) is 11.4. The van der Waals surface area contributed by atoms with Crippen molar-refractivity contribution < 1.29 is 12.8 Å². The van der Waals surface area contributed by atoms with Crippen molar-refractivity contribution in [1.82, 2.24) is 4.98 Å². The molecule has 0 amide bonds. The molecule has 0 aliphatic heterocycles. The second-order valence-corrected chi connectivity index (χ2v) is 7.19. The maximum Gasteiger partial charge on any atom is 0.178 e. The number of hydrogen-bond donors (Lipinski definition) is 0. The van der Waals surface area contributed by atoms with Crippen LogP contribution in [0, 0.1) is 5.82 Å². The Morgan fingerprint density at radius 2 is 1.65 bits per heavy atom. The van der Waals surface area contributed by atoms with Gasteiger partial charge in [-0.3, -0.25) is 4.98 Å². The van der Waals surface area contributed by atoms with E-state index in [1.807, 2.05) is 36.4 Å². The highest BCUT2D eigenvalue weighted by Crippen LogP contribution is 2.32. The lowest BCUT2D eigenvalue weighted by Crippen LogP contribution is -2.01. The van der Waals surface area contributed by atoms with E-state index in [1.54, 1.807) is 18.5 Å². The first-order valence-electron chi connectivity index (χ1n) is 6.96. The largest absolute Gasteiger partial charge is 0.264 e. The third-order valence-corrected chi connectivity index (χ3v) is 4.68. The van der Waals surface area contributed by atoms with E-state index in [9.17, 15) is 12.8 Å². The van der Waals surface area contributed by atoms with Gasteiger partial charge < -0.3 is 0 Å². The topological polar surface area (TPSA) is 47.0 Å². The van der Waals surface area contributed by atoms with Crippen molar-refractivity contribution in [2.24, 2.45) is 0 Å². The van der Waals surface area contributed by atoms with Crippen LogP contribution in [-0.2, 0) is 9.84 Å². The summed E-state index contributed by atoms with van der Waals surface area (Å²) < 4.78 is 37.2. The van der Waals surface area contributed by atoms with Crippen molar-refractivity contribution in [2.75, 3.05) is 6.26 Å². The van der Waals surface area contributed by atoms with Gasteiger partial charge in [-0.05, 0) is 34.9 Å². The minimum Gasteiger partial charge on any atom is -0.264 e. The molecule has 5 heteroatoms. The summed E-state index contributed by atoms with van der Waals surface area (Å²) in [5.41, 5.74) is 3.23. The number of halogens is 1. The molecule has 0 bridgehead atoms. The maximum absolute atomic E-state index is 14.2. The van der Waals surface area contributed by atoms with Crippen LogP contribution in [0.2, 0.25) is 0 Å². The van der Waals surface area contributed by atoms with Gasteiger partial charge in [0.05, 0.1) is 0 Å². The summed E-state index contributed by atoms with van der Waals surface area (Å²) in [5, 5.41) is 0. The van der Waals surface area contributed by atoms with Gasteiger partial charge >= 0.3 is 0 Å². The summed E-state index contributed by atoms with van der Waals surface area (Å²) in [5.74, 6) is -0.757. The van der Waals surface area contributed by atoms with Crippen LogP contribution in [0.25, 0.3) is 22.3 Å². The molecule has 0 fully saturated rings. The predicted octanol–water partition coefficient (Wildman–Crippen LogP) is 3.96. The molecular weight excluding hydrogens is 313 g/mol. The number of nitrogens with zero attached hydrogens (tertiary/aromatic N) is 1. The molecule has 0 spiro atoms. The minimum atomic E-state index is -3.59. The van der Waals surface area contributed by atoms with E-state index in [1.165, 1.54) is 12.1 Å². The first-order valence-corrected chi connectivity index (χ1v) is 8.85. The van der Waals surface area contributed by atoms with E-state index < -0.39 is 15.7 Å². The standard InChI is InChI=1S/C18H14FNO2S/c1-23(21,22)18-8-7-14(11-17(18)19)16-12-20-10-9-15(16)13-5-3-2-4-6-13/h2-12H,1H3. The fraction of sp³-hybridized carbons (Fsp3) is 0.0556. The van der Waals surface area contributed by atoms with E-state index in [0.717, 1.165) is 22.9 Å². The lowest BCUT2D eigenvalue weighted by molar-refractivity contribution is 0.571. The second-order valence-electron chi connectivity index (χ2n) is 5.20. The van der Waals surface area contributed by atoms with Crippen molar-refractivity contribution in [3.8, 4) is 22.3 Å². The monoisotopic (exact) mass is 327 g/mol. The molecule has 116 valence electrons. The highest BCUT2D eigenvalue weighted by atomic mass is 32.2. The first kappa shape index (κ1) is 15.4. The van der Waals surface area contributed by atoms with Crippen LogP contribution in [0.1, 0.15) is 0 Å². The Morgan fingerprint density at radius 3 is 2.30 bits per heavy atom. The molecule has 0 unspecified atom stereocenters. The van der Waals surface area contributed by atoms with Gasteiger partial charge in [-0.25, -0.2) is 12.8 Å². The Hall–Kier alpha value is -2.53. The van der Waals surface area contributed by atoms with Crippen molar-refractivity contribution in [1.29, 1.82) is 0 Å². The van der Waals surface area contributed by atoms with Gasteiger partial charge in [-0.1, -0.05) is 36.4 Å². The lowest BCUT2D eigenvalue weighted by Gasteiger charge is -2.10. The molecule has 23 heavy (non-hydrogen) atoms. The van der Waals surface area contributed by atoms with E-state index in [2.05, 4.69) is 4.98 Å². The molecule has 3 aromatic rings. The summed E-state index contributed by atoms with van der Waals surface area (Å²) in [6.07, 6.45) is 4.31. The fourth-order valence-electron chi connectivity index (χ4n) is 2.46. The molecule has 0 N–H and O–H groups in total. The smallest absolute Gasteiger partial charge is 0.178 e. The van der Waals surface area contributed by atoms with Crippen molar-refractivity contribution in [2.45, 2.75) is 4.90 Å². The van der Waals surface area contributed by atoms with Crippen LogP contribution in [0.3, 0.4) is 0 Å². The van der Waals surface area contributed by atoms with Gasteiger partial charge in [0, 0.05) is 24.2 Å². The summed E-state index contributed by atoms with van der Waals surface area (Å²) in [6, 6.07) is 15.7. The third kappa shape index (κ3) is 3.14. The highest BCUT2D eigenvalue weighted by Gasteiger charge is 2.15. The average Bonchev–Trinajstić information content (AvgIpc) is 2.54. The Morgan fingerprint density at radius 1 is 0.913 bits per heavy atom. The first-order chi connectivity index (χ1) is 11.0. The molecule has 0 saturated carbocycles. The molecule has 0 aliphatic carbocycles. The number of aromatic nitrogens is 1. The molecule has 0 atom stereocenters. The average molecular weight is 327 g/mol. The highest BCUT2D eigenvalue weighted by molar-refractivity contribution is 7.90. The lowest BCUT2D eigenvalue weighted by atomic mass is 9.97. The van der Waals surface area contributed by atoms with Crippen molar-refractivity contribution in [3.05, 3.63) is 72.8 Å². The van der Waals surface area contributed by atoms with Gasteiger partial charge in [0.2, 0.25) is 0 Å². The Labute approximate surface area is 134 Å². The Balaban J connectivity index is 2.16. The molecular formula is C18H14FNO2S. The zero-order valence-electron chi connectivity index (χ0n) is 12.4. The number of sulfone groups is 1. The quantitative estimate of drug-likeness (QED) is 0.731. The summed E-state index contributed by atoms with van der Waals surface area (Å²) in [4.78, 5) is 3.81. The molecule has 2 aromatic carbocycles. The van der Waals surface area contributed by atoms with Crippen LogP contribution in [0.5, 0.6) is 0 Å². The molecule has 0 saturated heterocycles. The molecule has 1 aromatic heterocycles. The van der Waals surface area contributed by atoms with Crippen LogP contribution in [-0.4, -0.2) is 19.7 Å². The maximum atomic E-state index is 14.2. The van der Waals surface area contributed by atoms with Gasteiger partial charge in [0.25, 0.3) is 0 Å². The van der Waals surface area contributed by atoms with Crippen molar-refractivity contribution >= 4 is 9.84 Å². The Bertz CT molecular complexity index is 954. The van der Waals surface area contributed by atoms with E-state index in [-0.39, 0.29) is 4.90 Å². The van der Waals surface area contributed by atoms with E-state index in [4.69, 9.17) is 0 Å². The molecule has 1 heterocycles. The summed E-state index contributed by atoms with van der Waals surface area (Å²) >= 11 is 0. The summed E-state index contributed by atoms with van der Waals surface area (Å²) in [6.45, 7) is 0. The van der Waals surface area contributed by atoms with E-state index in [0.29, 0.717) is 5.56 Å². The SMILES string of the molecule is CS(=O)(=O)c1ccc(-c2cnccc2-c2ccccc2)cc1F. The molecule has 3 nitrogen and oxygen atoms in total. The third-order valence-electron chi connectivity index (χ3n) is 3.55. The molecule has 0 aliphatic rings. The number of pyridine rings is 1. The second kappa shape index (κ2) is 5.93. The molecule has 0 radical (unpaired) electrons. The fourth-order valence-corrected chi connectivity index (χ4v) is 3.19.